The van der Waals surface area contributed by atoms with E-state index in [1.807, 2.05) is 20.8 Å². The van der Waals surface area contributed by atoms with E-state index in [0.29, 0.717) is 22.3 Å². The van der Waals surface area contributed by atoms with Crippen LogP contribution in [0, 0.1) is 6.92 Å². The number of hydrogen-bond acceptors (Lipinski definition) is 4. The molecule has 0 amide bonds. The van der Waals surface area contributed by atoms with Crippen molar-refractivity contribution in [3.63, 3.8) is 0 Å². The summed E-state index contributed by atoms with van der Waals surface area (Å²) in [5.74, 6) is 2.01. The molecule has 1 aromatic carbocycles. The third kappa shape index (κ3) is 3.35. The van der Waals surface area contributed by atoms with Gasteiger partial charge in [-0.3, -0.25) is 0 Å². The Kier molecular flexibility index (Phi) is 3.90. The lowest BCUT2D eigenvalue weighted by Gasteiger charge is -2.10. The number of nitrogens with zero attached hydrogens (tertiary/aromatic N) is 2. The lowest BCUT2D eigenvalue weighted by molar-refractivity contribution is 0.456. The summed E-state index contributed by atoms with van der Waals surface area (Å²) in [6.07, 6.45) is 0. The van der Waals surface area contributed by atoms with E-state index in [4.69, 9.17) is 22.1 Å². The minimum absolute atomic E-state index is 0.240. The number of benzene rings is 1. The Morgan fingerprint density at radius 2 is 1.95 bits per heavy atom. The summed E-state index contributed by atoms with van der Waals surface area (Å²) in [7, 11) is 0. The van der Waals surface area contributed by atoms with Gasteiger partial charge in [-0.1, -0.05) is 25.4 Å². The van der Waals surface area contributed by atoms with E-state index in [9.17, 15) is 0 Å². The van der Waals surface area contributed by atoms with Crippen molar-refractivity contribution in [1.29, 1.82) is 0 Å². The molecule has 5 heteroatoms. The first-order chi connectivity index (χ1) is 8.95. The van der Waals surface area contributed by atoms with Crippen LogP contribution in [0.3, 0.4) is 0 Å². The number of aromatic nitrogens is 2. The Labute approximate surface area is 117 Å². The number of nitrogens with two attached hydrogens (primary N) is 1. The van der Waals surface area contributed by atoms with Gasteiger partial charge in [0.15, 0.2) is 0 Å². The molecule has 0 fully saturated rings. The third-order valence-corrected chi connectivity index (χ3v) is 2.83. The highest BCUT2D eigenvalue weighted by Crippen LogP contribution is 2.30. The smallest absolute Gasteiger partial charge is 0.222 e. The van der Waals surface area contributed by atoms with Crippen molar-refractivity contribution in [2.45, 2.75) is 26.7 Å². The Balaban J connectivity index is 2.32. The molecule has 2 aromatic rings. The summed E-state index contributed by atoms with van der Waals surface area (Å²) in [5.41, 5.74) is 7.10. The van der Waals surface area contributed by atoms with Crippen LogP contribution in [0.15, 0.2) is 24.3 Å². The van der Waals surface area contributed by atoms with Crippen LogP contribution in [-0.4, -0.2) is 9.97 Å². The van der Waals surface area contributed by atoms with E-state index in [0.717, 1.165) is 11.5 Å². The van der Waals surface area contributed by atoms with Gasteiger partial charge in [-0.15, -0.1) is 0 Å². The largest absolute Gasteiger partial charge is 0.437 e. The normalized spacial score (nSPS) is 10.8. The SMILES string of the molecule is Cc1cc(Oc2ccc(N)cc2Cl)nc(C(C)C)n1. The van der Waals surface area contributed by atoms with E-state index in [2.05, 4.69) is 9.97 Å². The maximum atomic E-state index is 6.07. The molecule has 19 heavy (non-hydrogen) atoms. The second-order valence-corrected chi connectivity index (χ2v) is 5.06. The average Bonchev–Trinajstić information content (AvgIpc) is 2.32. The van der Waals surface area contributed by atoms with Crippen molar-refractivity contribution in [3.8, 4) is 11.6 Å². The van der Waals surface area contributed by atoms with E-state index >= 15 is 0 Å². The maximum absolute atomic E-state index is 6.07. The van der Waals surface area contributed by atoms with Crippen molar-refractivity contribution in [2.75, 3.05) is 5.73 Å². The lowest BCUT2D eigenvalue weighted by atomic mass is 10.2. The summed E-state index contributed by atoms with van der Waals surface area (Å²) in [5, 5.41) is 0.461. The molecule has 4 nitrogen and oxygen atoms in total. The molecule has 0 unspecified atom stereocenters. The van der Waals surface area contributed by atoms with Gasteiger partial charge in [-0.25, -0.2) is 4.98 Å². The second kappa shape index (κ2) is 5.45. The van der Waals surface area contributed by atoms with Crippen molar-refractivity contribution in [2.24, 2.45) is 0 Å². The molecule has 0 bridgehead atoms. The molecule has 1 heterocycles. The van der Waals surface area contributed by atoms with E-state index in [1.165, 1.54) is 0 Å². The average molecular weight is 278 g/mol. The van der Waals surface area contributed by atoms with Crippen molar-refractivity contribution in [3.05, 3.63) is 40.8 Å². The number of rotatable bonds is 3. The van der Waals surface area contributed by atoms with Gasteiger partial charge in [0.2, 0.25) is 5.88 Å². The molecule has 2 N–H and O–H groups in total. The van der Waals surface area contributed by atoms with E-state index < -0.39 is 0 Å². The van der Waals surface area contributed by atoms with Crippen LogP contribution in [0.1, 0.15) is 31.3 Å². The number of aryl methyl sites for hydroxylation is 1. The monoisotopic (exact) mass is 277 g/mol. The maximum Gasteiger partial charge on any atom is 0.222 e. The van der Waals surface area contributed by atoms with Gasteiger partial charge >= 0.3 is 0 Å². The van der Waals surface area contributed by atoms with Gasteiger partial charge in [0.25, 0.3) is 0 Å². The van der Waals surface area contributed by atoms with Crippen molar-refractivity contribution >= 4 is 17.3 Å². The first-order valence-electron chi connectivity index (χ1n) is 6.04. The number of ether oxygens (including phenoxy) is 1. The fourth-order valence-electron chi connectivity index (χ4n) is 1.58. The number of anilines is 1. The van der Waals surface area contributed by atoms with Gasteiger partial charge in [-0.2, -0.15) is 4.98 Å². The summed E-state index contributed by atoms with van der Waals surface area (Å²) in [4.78, 5) is 8.74. The van der Waals surface area contributed by atoms with Gasteiger partial charge in [0, 0.05) is 23.4 Å². The zero-order valence-electron chi connectivity index (χ0n) is 11.1. The molecule has 0 spiro atoms. The Morgan fingerprint density at radius 1 is 1.21 bits per heavy atom. The Bertz CT molecular complexity index is 599. The summed E-state index contributed by atoms with van der Waals surface area (Å²) in [6, 6.07) is 6.88. The molecule has 0 aliphatic heterocycles. The fraction of sp³-hybridized carbons (Fsp3) is 0.286. The number of nitrogen functional groups attached to an aromatic ring is 1. The molecular weight excluding hydrogens is 262 g/mol. The second-order valence-electron chi connectivity index (χ2n) is 4.65. The van der Waals surface area contributed by atoms with Gasteiger partial charge in [0.1, 0.15) is 11.6 Å². The van der Waals surface area contributed by atoms with Gasteiger partial charge < -0.3 is 10.5 Å². The fourth-order valence-corrected chi connectivity index (χ4v) is 1.81. The van der Waals surface area contributed by atoms with Crippen LogP contribution in [-0.2, 0) is 0 Å². The predicted molar refractivity (Wildman–Crippen MR) is 76.8 cm³/mol. The zero-order valence-corrected chi connectivity index (χ0v) is 11.9. The van der Waals surface area contributed by atoms with E-state index in [-0.39, 0.29) is 5.92 Å². The highest BCUT2D eigenvalue weighted by atomic mass is 35.5. The molecule has 0 atom stereocenters. The van der Waals surface area contributed by atoms with Crippen molar-refractivity contribution < 1.29 is 4.74 Å². The first kappa shape index (κ1) is 13.6. The minimum Gasteiger partial charge on any atom is -0.437 e. The van der Waals surface area contributed by atoms with Gasteiger partial charge in [-0.05, 0) is 25.1 Å². The highest BCUT2D eigenvalue weighted by molar-refractivity contribution is 6.32. The molecular formula is C14H16ClN3O. The summed E-state index contributed by atoms with van der Waals surface area (Å²) in [6.45, 7) is 5.98. The van der Waals surface area contributed by atoms with Crippen molar-refractivity contribution in [1.82, 2.24) is 9.97 Å². The standard InChI is InChI=1S/C14H16ClN3O/c1-8(2)14-17-9(3)6-13(18-14)19-12-5-4-10(16)7-11(12)15/h4-8H,16H2,1-3H3. The van der Waals surface area contributed by atoms with Gasteiger partial charge in [0.05, 0.1) is 5.02 Å². The highest BCUT2D eigenvalue weighted by Gasteiger charge is 2.09. The summed E-state index contributed by atoms with van der Waals surface area (Å²) >= 11 is 6.07. The first-order valence-corrected chi connectivity index (χ1v) is 6.42. The Morgan fingerprint density at radius 3 is 2.58 bits per heavy atom. The lowest BCUT2D eigenvalue weighted by Crippen LogP contribution is -2.01. The number of halogens is 1. The van der Waals surface area contributed by atoms with Crippen LogP contribution >= 0.6 is 11.6 Å². The van der Waals surface area contributed by atoms with Crippen LogP contribution in [0.5, 0.6) is 11.6 Å². The molecule has 0 saturated heterocycles. The van der Waals surface area contributed by atoms with Crippen LogP contribution in [0.4, 0.5) is 5.69 Å². The quantitative estimate of drug-likeness (QED) is 0.863. The van der Waals surface area contributed by atoms with Crippen LogP contribution < -0.4 is 10.5 Å². The van der Waals surface area contributed by atoms with Crippen LogP contribution in [0.25, 0.3) is 0 Å². The Hall–Kier alpha value is -1.81. The zero-order chi connectivity index (χ0) is 14.0. The molecule has 0 aliphatic rings. The molecule has 0 radical (unpaired) electrons. The molecule has 100 valence electrons. The molecule has 0 saturated carbocycles. The topological polar surface area (TPSA) is 61.0 Å². The summed E-state index contributed by atoms with van der Waals surface area (Å²) < 4.78 is 5.70. The number of hydrogen-bond donors (Lipinski definition) is 1. The molecule has 1 aromatic heterocycles. The van der Waals surface area contributed by atoms with E-state index in [1.54, 1.807) is 24.3 Å². The third-order valence-electron chi connectivity index (χ3n) is 2.53. The predicted octanol–water partition coefficient (Wildman–Crippen LogP) is 3.94. The van der Waals surface area contributed by atoms with Crippen LogP contribution in [0.2, 0.25) is 5.02 Å². The minimum atomic E-state index is 0.240. The molecule has 0 aliphatic carbocycles. The molecule has 2 rings (SSSR count).